The average Bonchev–Trinajstić information content (AvgIpc) is 2.61. The standard InChI is InChI=1S/C19H27N5/c1-15(2)14-20-18-13-17(16-7-5-4-6-8-16)21-19(22-18)24-11-9-23(3)10-12-24/h4-8,13,15H,9-12,14H2,1-3H3,(H,20,21,22). The Morgan fingerprint density at radius 2 is 1.75 bits per heavy atom. The van der Waals surface area contributed by atoms with E-state index in [1.165, 1.54) is 0 Å². The number of nitrogens with one attached hydrogen (secondary N) is 1. The van der Waals surface area contributed by atoms with E-state index in [4.69, 9.17) is 9.97 Å². The average molecular weight is 325 g/mol. The van der Waals surface area contributed by atoms with Gasteiger partial charge < -0.3 is 15.1 Å². The van der Waals surface area contributed by atoms with E-state index in [0.29, 0.717) is 5.92 Å². The Morgan fingerprint density at radius 1 is 1.04 bits per heavy atom. The number of likely N-dealkylation sites (N-methyl/N-ethyl adjacent to an activating group) is 1. The molecule has 0 amide bonds. The van der Waals surface area contributed by atoms with Crippen LogP contribution in [-0.2, 0) is 0 Å². The highest BCUT2D eigenvalue weighted by molar-refractivity contribution is 5.64. The van der Waals surface area contributed by atoms with Gasteiger partial charge in [-0.2, -0.15) is 4.98 Å². The maximum absolute atomic E-state index is 4.84. The van der Waals surface area contributed by atoms with Crippen molar-refractivity contribution in [1.29, 1.82) is 0 Å². The molecule has 0 unspecified atom stereocenters. The first-order valence-electron chi connectivity index (χ1n) is 8.73. The van der Waals surface area contributed by atoms with Crippen LogP contribution in [0.25, 0.3) is 11.3 Å². The molecule has 0 bridgehead atoms. The third-order valence-electron chi connectivity index (χ3n) is 4.26. The van der Waals surface area contributed by atoms with Crippen LogP contribution in [0.3, 0.4) is 0 Å². The molecule has 1 aliphatic rings. The van der Waals surface area contributed by atoms with Gasteiger partial charge in [-0.25, -0.2) is 4.98 Å². The second kappa shape index (κ2) is 7.62. The van der Waals surface area contributed by atoms with Gasteiger partial charge in [-0.05, 0) is 13.0 Å². The largest absolute Gasteiger partial charge is 0.370 e. The first kappa shape index (κ1) is 16.7. The summed E-state index contributed by atoms with van der Waals surface area (Å²) in [4.78, 5) is 14.2. The second-order valence-electron chi connectivity index (χ2n) is 6.87. The first-order valence-corrected chi connectivity index (χ1v) is 8.73. The number of nitrogens with zero attached hydrogens (tertiary/aromatic N) is 4. The molecule has 0 radical (unpaired) electrons. The minimum absolute atomic E-state index is 0.576. The first-order chi connectivity index (χ1) is 11.6. The molecule has 2 aromatic rings. The SMILES string of the molecule is CC(C)CNc1cc(-c2ccccc2)nc(N2CCN(C)CC2)n1. The smallest absolute Gasteiger partial charge is 0.227 e. The van der Waals surface area contributed by atoms with E-state index in [0.717, 1.165) is 55.7 Å². The molecule has 128 valence electrons. The summed E-state index contributed by atoms with van der Waals surface area (Å²) in [6, 6.07) is 12.4. The summed E-state index contributed by atoms with van der Waals surface area (Å²) in [7, 11) is 2.16. The lowest BCUT2D eigenvalue weighted by Gasteiger charge is -2.32. The van der Waals surface area contributed by atoms with E-state index < -0.39 is 0 Å². The number of anilines is 2. The number of aromatic nitrogens is 2. The highest BCUT2D eigenvalue weighted by Crippen LogP contribution is 2.23. The normalized spacial score (nSPS) is 15.8. The van der Waals surface area contributed by atoms with E-state index >= 15 is 0 Å². The lowest BCUT2D eigenvalue weighted by Crippen LogP contribution is -2.45. The van der Waals surface area contributed by atoms with Crippen LogP contribution in [0.2, 0.25) is 0 Å². The molecule has 1 aromatic carbocycles. The van der Waals surface area contributed by atoms with Crippen molar-refractivity contribution in [3.63, 3.8) is 0 Å². The lowest BCUT2D eigenvalue weighted by atomic mass is 10.1. The summed E-state index contributed by atoms with van der Waals surface area (Å²) in [5, 5.41) is 3.45. The summed E-state index contributed by atoms with van der Waals surface area (Å²) >= 11 is 0. The maximum Gasteiger partial charge on any atom is 0.227 e. The summed E-state index contributed by atoms with van der Waals surface area (Å²) in [6.45, 7) is 9.35. The van der Waals surface area contributed by atoms with E-state index in [1.807, 2.05) is 18.2 Å². The Morgan fingerprint density at radius 3 is 2.42 bits per heavy atom. The van der Waals surface area contributed by atoms with Gasteiger partial charge in [0.1, 0.15) is 5.82 Å². The van der Waals surface area contributed by atoms with Crippen molar-refractivity contribution in [1.82, 2.24) is 14.9 Å². The second-order valence-corrected chi connectivity index (χ2v) is 6.87. The minimum atomic E-state index is 0.576. The zero-order chi connectivity index (χ0) is 16.9. The van der Waals surface area contributed by atoms with Gasteiger partial charge in [-0.15, -0.1) is 0 Å². The van der Waals surface area contributed by atoms with Crippen molar-refractivity contribution < 1.29 is 0 Å². The number of hydrogen-bond acceptors (Lipinski definition) is 5. The molecule has 2 heterocycles. The summed E-state index contributed by atoms with van der Waals surface area (Å²) in [5.41, 5.74) is 2.11. The monoisotopic (exact) mass is 325 g/mol. The predicted octanol–water partition coefficient (Wildman–Crippen LogP) is 2.96. The Labute approximate surface area is 144 Å². The molecule has 1 aromatic heterocycles. The molecule has 0 saturated carbocycles. The van der Waals surface area contributed by atoms with Crippen molar-refractivity contribution >= 4 is 11.8 Å². The van der Waals surface area contributed by atoms with Crippen LogP contribution >= 0.6 is 0 Å². The van der Waals surface area contributed by atoms with Gasteiger partial charge >= 0.3 is 0 Å². The van der Waals surface area contributed by atoms with Crippen molar-refractivity contribution in [2.45, 2.75) is 13.8 Å². The molecule has 5 nitrogen and oxygen atoms in total. The fourth-order valence-corrected chi connectivity index (χ4v) is 2.74. The number of benzene rings is 1. The Balaban J connectivity index is 1.90. The highest BCUT2D eigenvalue weighted by atomic mass is 15.3. The topological polar surface area (TPSA) is 44.3 Å². The molecule has 1 N–H and O–H groups in total. The van der Waals surface area contributed by atoms with Gasteiger partial charge in [0.05, 0.1) is 5.69 Å². The molecule has 3 rings (SSSR count). The molecule has 1 aliphatic heterocycles. The highest BCUT2D eigenvalue weighted by Gasteiger charge is 2.18. The van der Waals surface area contributed by atoms with Crippen LogP contribution in [0.1, 0.15) is 13.8 Å². The Bertz CT molecular complexity index is 648. The molecule has 1 fully saturated rings. The van der Waals surface area contributed by atoms with Crippen molar-refractivity contribution in [2.24, 2.45) is 5.92 Å². The predicted molar refractivity (Wildman–Crippen MR) is 101 cm³/mol. The minimum Gasteiger partial charge on any atom is -0.370 e. The van der Waals surface area contributed by atoms with E-state index in [-0.39, 0.29) is 0 Å². The van der Waals surface area contributed by atoms with Crippen LogP contribution in [0.15, 0.2) is 36.4 Å². The van der Waals surface area contributed by atoms with E-state index in [9.17, 15) is 0 Å². The zero-order valence-electron chi connectivity index (χ0n) is 14.9. The molecule has 1 saturated heterocycles. The quantitative estimate of drug-likeness (QED) is 0.915. The van der Waals surface area contributed by atoms with Gasteiger partial charge in [-0.3, -0.25) is 0 Å². The number of piperazine rings is 1. The fraction of sp³-hybridized carbons (Fsp3) is 0.474. The van der Waals surface area contributed by atoms with Crippen LogP contribution in [0, 0.1) is 5.92 Å². The summed E-state index contributed by atoms with van der Waals surface area (Å²) in [6.07, 6.45) is 0. The molecular weight excluding hydrogens is 298 g/mol. The van der Waals surface area contributed by atoms with Crippen LogP contribution in [-0.4, -0.2) is 54.6 Å². The number of rotatable bonds is 5. The van der Waals surface area contributed by atoms with E-state index in [1.54, 1.807) is 0 Å². The molecular formula is C19H27N5. The van der Waals surface area contributed by atoms with Gasteiger partial charge in [0.25, 0.3) is 0 Å². The lowest BCUT2D eigenvalue weighted by molar-refractivity contribution is 0.311. The maximum atomic E-state index is 4.84. The molecule has 0 atom stereocenters. The molecule has 24 heavy (non-hydrogen) atoms. The molecule has 0 spiro atoms. The Hall–Kier alpha value is -2.14. The number of hydrogen-bond donors (Lipinski definition) is 1. The fourth-order valence-electron chi connectivity index (χ4n) is 2.74. The Kier molecular flexibility index (Phi) is 5.30. The van der Waals surface area contributed by atoms with Crippen LogP contribution < -0.4 is 10.2 Å². The van der Waals surface area contributed by atoms with Gasteiger partial charge in [0.15, 0.2) is 0 Å². The van der Waals surface area contributed by atoms with Gasteiger partial charge in [0.2, 0.25) is 5.95 Å². The van der Waals surface area contributed by atoms with Crippen LogP contribution in [0.4, 0.5) is 11.8 Å². The van der Waals surface area contributed by atoms with Crippen molar-refractivity contribution in [3.8, 4) is 11.3 Å². The van der Waals surface area contributed by atoms with Gasteiger partial charge in [0, 0.05) is 44.4 Å². The third kappa shape index (κ3) is 4.23. The third-order valence-corrected chi connectivity index (χ3v) is 4.26. The molecule has 5 heteroatoms. The van der Waals surface area contributed by atoms with Crippen molar-refractivity contribution in [2.75, 3.05) is 50.0 Å². The van der Waals surface area contributed by atoms with Crippen LogP contribution in [0.5, 0.6) is 0 Å². The van der Waals surface area contributed by atoms with E-state index in [2.05, 4.69) is 54.2 Å². The summed E-state index contributed by atoms with van der Waals surface area (Å²) in [5.74, 6) is 2.31. The van der Waals surface area contributed by atoms with Gasteiger partial charge in [-0.1, -0.05) is 44.2 Å². The molecule has 0 aliphatic carbocycles. The summed E-state index contributed by atoms with van der Waals surface area (Å²) < 4.78 is 0. The van der Waals surface area contributed by atoms with Crippen molar-refractivity contribution in [3.05, 3.63) is 36.4 Å². The zero-order valence-corrected chi connectivity index (χ0v) is 14.9.